The van der Waals surface area contributed by atoms with Crippen LogP contribution in [0.15, 0.2) is 48.5 Å². The van der Waals surface area contributed by atoms with Gasteiger partial charge in [0.05, 0.1) is 14.2 Å². The minimum Gasteiger partial charge on any atom is -0.456 e. The van der Waals surface area contributed by atoms with Crippen molar-refractivity contribution in [3.8, 4) is 11.1 Å². The number of ketones is 2. The predicted octanol–water partition coefficient (Wildman–Crippen LogP) is 3.55. The molecule has 4 unspecified atom stereocenters. The molecule has 2 heterocycles. The molecule has 2 saturated heterocycles. The van der Waals surface area contributed by atoms with Crippen LogP contribution in [0, 0.1) is 11.8 Å². The minimum atomic E-state index is -0.894. The van der Waals surface area contributed by atoms with Crippen molar-refractivity contribution in [1.29, 1.82) is 0 Å². The van der Waals surface area contributed by atoms with Gasteiger partial charge in [-0.2, -0.15) is 0 Å². The fourth-order valence-electron chi connectivity index (χ4n) is 6.64. The van der Waals surface area contributed by atoms with E-state index in [1.54, 1.807) is 76.2 Å². The molecule has 0 spiro atoms. The maximum atomic E-state index is 13.2. The van der Waals surface area contributed by atoms with Crippen LogP contribution in [0.25, 0.3) is 11.1 Å². The second-order valence-corrected chi connectivity index (χ2v) is 14.3. The third kappa shape index (κ3) is 10.7. The topological polar surface area (TPSA) is 204 Å². The highest BCUT2D eigenvalue weighted by atomic mass is 16.6. The number of methoxy groups -OCH3 is 2. The zero-order valence-electron chi connectivity index (χ0n) is 32.5. The summed E-state index contributed by atoms with van der Waals surface area (Å²) in [6, 6.07) is 9.66. The summed E-state index contributed by atoms with van der Waals surface area (Å²) in [5.74, 6) is -3.67. The average Bonchev–Trinajstić information content (AvgIpc) is 3.90. The number of nitrogens with zero attached hydrogens (tertiary/aromatic N) is 2. The molecule has 56 heavy (non-hydrogen) atoms. The van der Waals surface area contributed by atoms with Gasteiger partial charge in [0.15, 0.2) is 24.8 Å². The fraction of sp³-hybridized carbons (Fsp3) is 0.500. The maximum absolute atomic E-state index is 13.2. The molecule has 0 aromatic heterocycles. The number of alkyl carbamates (subject to hydrolysis) is 2. The summed E-state index contributed by atoms with van der Waals surface area (Å²) in [5, 5.41) is 5.04. The lowest BCUT2D eigenvalue weighted by molar-refractivity contribution is -0.153. The number of hydrogen-bond acceptors (Lipinski definition) is 12. The van der Waals surface area contributed by atoms with Crippen molar-refractivity contribution in [1.82, 2.24) is 20.4 Å². The van der Waals surface area contributed by atoms with Crippen molar-refractivity contribution < 1.29 is 57.3 Å². The largest absolute Gasteiger partial charge is 0.456 e. The Kier molecular flexibility index (Phi) is 15.1. The second-order valence-electron chi connectivity index (χ2n) is 14.3. The number of ether oxygens (including phenoxy) is 4. The third-order valence-electron chi connectivity index (χ3n) is 9.84. The summed E-state index contributed by atoms with van der Waals surface area (Å²) in [7, 11) is 2.39. The molecule has 16 heteroatoms. The van der Waals surface area contributed by atoms with Gasteiger partial charge in [0.2, 0.25) is 11.8 Å². The van der Waals surface area contributed by atoms with Gasteiger partial charge >= 0.3 is 24.1 Å². The Morgan fingerprint density at radius 2 is 0.929 bits per heavy atom. The van der Waals surface area contributed by atoms with E-state index in [-0.39, 0.29) is 11.8 Å². The van der Waals surface area contributed by atoms with Crippen molar-refractivity contribution in [3.63, 3.8) is 0 Å². The molecule has 2 aromatic carbocycles. The Labute approximate surface area is 325 Å². The SMILES string of the molecule is COC(=O)NC(C(=O)N1CCCC1C(=O)OCC(=O)c1ccc(-c2ccc(C(=O)COC(=O)C3CCCN3C(=O)C(NC(=O)OC)C(C)C)cc2)cc1)C(C)C. The molecular formula is C40H50N4O12. The standard InChI is InChI=1S/C40H50N4O12/c1-23(2)33(41-39(51)53-5)35(47)43-19-7-9-29(43)37(49)55-21-31(45)27-15-11-25(12-16-27)26-13-17-28(18-14-26)32(46)22-56-38(50)30-10-8-20-44(30)36(48)34(24(3)4)42-40(52)54-6/h11-18,23-24,29-30,33-34H,7-10,19-22H2,1-6H3,(H,41,51)(H,42,52). The lowest BCUT2D eigenvalue weighted by Crippen LogP contribution is -2.54. The van der Waals surface area contributed by atoms with E-state index in [4.69, 9.17) is 9.47 Å². The van der Waals surface area contributed by atoms with Crippen molar-refractivity contribution in [3.05, 3.63) is 59.7 Å². The van der Waals surface area contributed by atoms with Gasteiger partial charge < -0.3 is 39.4 Å². The monoisotopic (exact) mass is 778 g/mol. The summed E-state index contributed by atoms with van der Waals surface area (Å²) in [4.78, 5) is 105. The number of nitrogens with one attached hydrogen (secondary N) is 2. The van der Waals surface area contributed by atoms with Crippen molar-refractivity contribution >= 4 is 47.5 Å². The molecular weight excluding hydrogens is 728 g/mol. The van der Waals surface area contributed by atoms with Crippen LogP contribution in [-0.2, 0) is 38.1 Å². The van der Waals surface area contributed by atoms with Gasteiger partial charge in [-0.05, 0) is 48.6 Å². The Bertz CT molecular complexity index is 1650. The van der Waals surface area contributed by atoms with Crippen LogP contribution in [0.5, 0.6) is 0 Å². The lowest BCUT2D eigenvalue weighted by Gasteiger charge is -2.29. The van der Waals surface area contributed by atoms with E-state index >= 15 is 0 Å². The fourth-order valence-corrected chi connectivity index (χ4v) is 6.64. The van der Waals surface area contributed by atoms with E-state index in [9.17, 15) is 38.4 Å². The van der Waals surface area contributed by atoms with E-state index < -0.39 is 84.9 Å². The van der Waals surface area contributed by atoms with Crippen LogP contribution in [0.1, 0.15) is 74.1 Å². The summed E-state index contributed by atoms with van der Waals surface area (Å²) >= 11 is 0. The summed E-state index contributed by atoms with van der Waals surface area (Å²) in [5.41, 5.74) is 2.10. The number of esters is 2. The zero-order chi connectivity index (χ0) is 41.1. The highest BCUT2D eigenvalue weighted by Crippen LogP contribution is 2.24. The number of carbonyl (C=O) groups excluding carboxylic acids is 8. The van der Waals surface area contributed by atoms with Crippen LogP contribution >= 0.6 is 0 Å². The van der Waals surface area contributed by atoms with E-state index in [2.05, 4.69) is 20.1 Å². The molecule has 4 rings (SSSR count). The van der Waals surface area contributed by atoms with Gasteiger partial charge in [-0.3, -0.25) is 19.2 Å². The Morgan fingerprint density at radius 1 is 0.589 bits per heavy atom. The number of carbonyl (C=O) groups is 8. The summed E-state index contributed by atoms with van der Waals surface area (Å²) < 4.78 is 19.9. The molecule has 0 radical (unpaired) electrons. The molecule has 2 aliphatic rings. The first kappa shape index (κ1) is 42.9. The summed E-state index contributed by atoms with van der Waals surface area (Å²) in [6.45, 7) is 6.63. The van der Waals surface area contributed by atoms with Gasteiger partial charge in [-0.1, -0.05) is 76.2 Å². The lowest BCUT2D eigenvalue weighted by atomic mass is 10.0. The molecule has 0 bridgehead atoms. The van der Waals surface area contributed by atoms with Crippen LogP contribution in [0.3, 0.4) is 0 Å². The van der Waals surface area contributed by atoms with Crippen molar-refractivity contribution in [2.75, 3.05) is 40.5 Å². The quantitative estimate of drug-likeness (QED) is 0.151. The van der Waals surface area contributed by atoms with E-state index in [1.807, 2.05) is 0 Å². The average molecular weight is 779 g/mol. The molecule has 2 aliphatic heterocycles. The molecule has 2 aromatic rings. The van der Waals surface area contributed by atoms with Gasteiger partial charge in [0.25, 0.3) is 0 Å². The first-order valence-electron chi connectivity index (χ1n) is 18.6. The maximum Gasteiger partial charge on any atom is 0.407 e. The van der Waals surface area contributed by atoms with Crippen molar-refractivity contribution in [2.45, 2.75) is 77.5 Å². The molecule has 302 valence electrons. The highest BCUT2D eigenvalue weighted by Gasteiger charge is 2.41. The smallest absolute Gasteiger partial charge is 0.407 e. The predicted molar refractivity (Wildman–Crippen MR) is 200 cm³/mol. The first-order chi connectivity index (χ1) is 26.7. The van der Waals surface area contributed by atoms with Gasteiger partial charge in [-0.15, -0.1) is 0 Å². The third-order valence-corrected chi connectivity index (χ3v) is 9.84. The minimum absolute atomic E-state index is 0.265. The first-order valence-corrected chi connectivity index (χ1v) is 18.6. The summed E-state index contributed by atoms with van der Waals surface area (Å²) in [6.07, 6.45) is 0.346. The molecule has 2 N–H and O–H groups in total. The zero-order valence-corrected chi connectivity index (χ0v) is 32.5. The highest BCUT2D eigenvalue weighted by molar-refractivity contribution is 6.00. The van der Waals surface area contributed by atoms with E-state index in [0.29, 0.717) is 49.9 Å². The molecule has 16 nitrogen and oxygen atoms in total. The number of benzene rings is 2. The number of rotatable bonds is 15. The van der Waals surface area contributed by atoms with Crippen LogP contribution in [-0.4, -0.2) is 122 Å². The molecule has 0 aliphatic carbocycles. The number of hydrogen-bond donors (Lipinski definition) is 2. The Balaban J connectivity index is 1.28. The molecule has 4 atom stereocenters. The Hall–Kier alpha value is -5.80. The second kappa shape index (κ2) is 19.7. The Morgan fingerprint density at radius 3 is 1.23 bits per heavy atom. The number of Topliss-reactive ketones (excluding diaryl/α,β-unsaturated/α-hetero) is 2. The van der Waals surface area contributed by atoms with Crippen molar-refractivity contribution in [2.24, 2.45) is 11.8 Å². The van der Waals surface area contributed by atoms with Crippen LogP contribution < -0.4 is 10.6 Å². The number of amides is 4. The van der Waals surface area contributed by atoms with Crippen LogP contribution in [0.2, 0.25) is 0 Å². The van der Waals surface area contributed by atoms with Crippen LogP contribution in [0.4, 0.5) is 9.59 Å². The van der Waals surface area contributed by atoms with E-state index in [1.165, 1.54) is 24.0 Å². The van der Waals surface area contributed by atoms with E-state index in [0.717, 1.165) is 11.1 Å². The normalized spacial score (nSPS) is 17.5. The molecule has 2 fully saturated rings. The van der Waals surface area contributed by atoms with Gasteiger partial charge in [-0.25, -0.2) is 19.2 Å². The molecule has 0 saturated carbocycles. The van der Waals surface area contributed by atoms with Gasteiger partial charge in [0.1, 0.15) is 24.2 Å². The number of likely N-dealkylation sites (tertiary alicyclic amines) is 2. The molecule has 4 amide bonds. The van der Waals surface area contributed by atoms with Gasteiger partial charge in [0, 0.05) is 24.2 Å².